The number of amides is 2. The second-order valence-corrected chi connectivity index (χ2v) is 5.78. The molecule has 0 saturated heterocycles. The molecule has 0 fully saturated rings. The van der Waals surface area contributed by atoms with Crippen molar-refractivity contribution in [3.05, 3.63) is 29.8 Å². The SMILES string of the molecule is CC(C)CNC(=O)CCC1Cc2ccccc2NC1=O. The van der Waals surface area contributed by atoms with Gasteiger partial charge in [-0.15, -0.1) is 0 Å². The maximum absolute atomic E-state index is 12.0. The lowest BCUT2D eigenvalue weighted by Gasteiger charge is -2.24. The zero-order chi connectivity index (χ0) is 14.5. The Balaban J connectivity index is 1.85. The molecule has 0 aliphatic carbocycles. The second kappa shape index (κ2) is 6.55. The highest BCUT2D eigenvalue weighted by Crippen LogP contribution is 2.27. The zero-order valence-corrected chi connectivity index (χ0v) is 12.1. The first-order valence-electron chi connectivity index (χ1n) is 7.21. The molecule has 2 amide bonds. The summed E-state index contributed by atoms with van der Waals surface area (Å²) in [6.45, 7) is 4.82. The molecule has 2 N–H and O–H groups in total. The highest BCUT2D eigenvalue weighted by atomic mass is 16.2. The molecule has 20 heavy (non-hydrogen) atoms. The number of nitrogens with one attached hydrogen (secondary N) is 2. The van der Waals surface area contributed by atoms with Crippen LogP contribution >= 0.6 is 0 Å². The fourth-order valence-electron chi connectivity index (χ4n) is 2.36. The molecule has 0 saturated carbocycles. The predicted octanol–water partition coefficient (Wildman–Crippen LogP) is 2.35. The van der Waals surface area contributed by atoms with Gasteiger partial charge in [0.1, 0.15) is 0 Å². The van der Waals surface area contributed by atoms with Crippen LogP contribution in [0.3, 0.4) is 0 Å². The molecule has 1 aliphatic rings. The van der Waals surface area contributed by atoms with Crippen LogP contribution in [0.2, 0.25) is 0 Å². The predicted molar refractivity (Wildman–Crippen MR) is 79.3 cm³/mol. The number of para-hydroxylation sites is 1. The number of carbonyl (C=O) groups excluding carboxylic acids is 2. The van der Waals surface area contributed by atoms with Crippen molar-refractivity contribution < 1.29 is 9.59 Å². The van der Waals surface area contributed by atoms with Crippen molar-refractivity contribution >= 4 is 17.5 Å². The van der Waals surface area contributed by atoms with Crippen molar-refractivity contribution in [3.8, 4) is 0 Å². The Hall–Kier alpha value is -1.84. The molecule has 0 spiro atoms. The van der Waals surface area contributed by atoms with Gasteiger partial charge in [0.25, 0.3) is 0 Å². The molecule has 0 radical (unpaired) electrons. The maximum atomic E-state index is 12.0. The topological polar surface area (TPSA) is 58.2 Å². The lowest BCUT2D eigenvalue weighted by molar-refractivity contribution is -0.122. The minimum absolute atomic E-state index is 0.0281. The van der Waals surface area contributed by atoms with Gasteiger partial charge in [-0.05, 0) is 30.4 Å². The molecule has 108 valence electrons. The van der Waals surface area contributed by atoms with E-state index in [0.29, 0.717) is 25.3 Å². The summed E-state index contributed by atoms with van der Waals surface area (Å²) in [6.07, 6.45) is 1.73. The van der Waals surface area contributed by atoms with Crippen LogP contribution in [0.15, 0.2) is 24.3 Å². The largest absolute Gasteiger partial charge is 0.356 e. The van der Waals surface area contributed by atoms with Crippen molar-refractivity contribution in [2.24, 2.45) is 11.8 Å². The Morgan fingerprint density at radius 1 is 1.40 bits per heavy atom. The van der Waals surface area contributed by atoms with E-state index in [9.17, 15) is 9.59 Å². The number of fused-ring (bicyclic) bond motifs is 1. The summed E-state index contributed by atoms with van der Waals surface area (Å²) in [6, 6.07) is 7.83. The van der Waals surface area contributed by atoms with Gasteiger partial charge in [0.05, 0.1) is 0 Å². The first kappa shape index (κ1) is 14.6. The zero-order valence-electron chi connectivity index (χ0n) is 12.1. The van der Waals surface area contributed by atoms with Crippen molar-refractivity contribution in [2.45, 2.75) is 33.1 Å². The van der Waals surface area contributed by atoms with Crippen molar-refractivity contribution in [3.63, 3.8) is 0 Å². The van der Waals surface area contributed by atoms with E-state index in [-0.39, 0.29) is 17.7 Å². The van der Waals surface area contributed by atoms with Crippen LogP contribution in [0.25, 0.3) is 0 Å². The van der Waals surface area contributed by atoms with Crippen LogP contribution in [-0.2, 0) is 16.0 Å². The summed E-state index contributed by atoms with van der Waals surface area (Å²) < 4.78 is 0. The average molecular weight is 274 g/mol. The van der Waals surface area contributed by atoms with Crippen LogP contribution in [0.4, 0.5) is 5.69 Å². The number of benzene rings is 1. The van der Waals surface area contributed by atoms with Gasteiger partial charge < -0.3 is 10.6 Å². The molecule has 2 rings (SSSR count). The molecule has 4 heteroatoms. The molecule has 1 heterocycles. The van der Waals surface area contributed by atoms with E-state index < -0.39 is 0 Å². The summed E-state index contributed by atoms with van der Waals surface area (Å²) in [7, 11) is 0. The number of anilines is 1. The maximum Gasteiger partial charge on any atom is 0.227 e. The third-order valence-electron chi connectivity index (χ3n) is 3.54. The molecular weight excluding hydrogens is 252 g/mol. The monoisotopic (exact) mass is 274 g/mol. The van der Waals surface area contributed by atoms with Gasteiger partial charge in [-0.1, -0.05) is 32.0 Å². The lowest BCUT2D eigenvalue weighted by Crippen LogP contribution is -2.32. The third kappa shape index (κ3) is 3.83. The van der Waals surface area contributed by atoms with E-state index in [0.717, 1.165) is 17.7 Å². The average Bonchev–Trinajstić information content (AvgIpc) is 2.42. The quantitative estimate of drug-likeness (QED) is 0.866. The number of carbonyl (C=O) groups is 2. The Morgan fingerprint density at radius 2 is 2.15 bits per heavy atom. The Kier molecular flexibility index (Phi) is 4.77. The Labute approximate surface area is 119 Å². The number of hydrogen-bond donors (Lipinski definition) is 2. The Bertz CT molecular complexity index is 497. The number of rotatable bonds is 5. The van der Waals surface area contributed by atoms with Gasteiger partial charge in [0.2, 0.25) is 11.8 Å². The van der Waals surface area contributed by atoms with Gasteiger partial charge in [-0.3, -0.25) is 9.59 Å². The first-order chi connectivity index (χ1) is 9.56. The van der Waals surface area contributed by atoms with Gasteiger partial charge in [-0.25, -0.2) is 0 Å². The van der Waals surface area contributed by atoms with E-state index in [1.54, 1.807) is 0 Å². The summed E-state index contributed by atoms with van der Waals surface area (Å²) in [5.41, 5.74) is 2.05. The molecule has 1 aliphatic heterocycles. The summed E-state index contributed by atoms with van der Waals surface area (Å²) in [4.78, 5) is 23.7. The van der Waals surface area contributed by atoms with Crippen LogP contribution in [0.5, 0.6) is 0 Å². The highest BCUT2D eigenvalue weighted by molar-refractivity contribution is 5.96. The summed E-state index contributed by atoms with van der Waals surface area (Å²) in [5, 5.41) is 5.80. The molecule has 0 bridgehead atoms. The molecule has 0 aromatic heterocycles. The van der Waals surface area contributed by atoms with Gasteiger partial charge >= 0.3 is 0 Å². The van der Waals surface area contributed by atoms with Gasteiger partial charge in [-0.2, -0.15) is 0 Å². The van der Waals surface area contributed by atoms with Crippen LogP contribution < -0.4 is 10.6 Å². The first-order valence-corrected chi connectivity index (χ1v) is 7.21. The van der Waals surface area contributed by atoms with E-state index in [1.807, 2.05) is 24.3 Å². The number of hydrogen-bond acceptors (Lipinski definition) is 2. The van der Waals surface area contributed by atoms with Gasteiger partial charge in [0.15, 0.2) is 0 Å². The van der Waals surface area contributed by atoms with Crippen LogP contribution in [-0.4, -0.2) is 18.4 Å². The summed E-state index contributed by atoms with van der Waals surface area (Å²) in [5.74, 6) is 0.407. The Morgan fingerprint density at radius 3 is 2.90 bits per heavy atom. The molecule has 4 nitrogen and oxygen atoms in total. The minimum atomic E-state index is -0.102. The lowest BCUT2D eigenvalue weighted by atomic mass is 9.89. The second-order valence-electron chi connectivity index (χ2n) is 5.78. The third-order valence-corrected chi connectivity index (χ3v) is 3.54. The van der Waals surface area contributed by atoms with Crippen LogP contribution in [0, 0.1) is 11.8 Å². The molecule has 1 aromatic rings. The van der Waals surface area contributed by atoms with Crippen LogP contribution in [0.1, 0.15) is 32.3 Å². The normalized spacial score (nSPS) is 17.6. The molecule has 1 aromatic carbocycles. The van der Waals surface area contributed by atoms with Gasteiger partial charge in [0, 0.05) is 24.6 Å². The smallest absolute Gasteiger partial charge is 0.227 e. The van der Waals surface area contributed by atoms with E-state index in [1.165, 1.54) is 0 Å². The minimum Gasteiger partial charge on any atom is -0.356 e. The fraction of sp³-hybridized carbons (Fsp3) is 0.500. The van der Waals surface area contributed by atoms with E-state index in [4.69, 9.17) is 0 Å². The summed E-state index contributed by atoms with van der Waals surface area (Å²) >= 11 is 0. The molecule has 1 unspecified atom stereocenters. The standard InChI is InChI=1S/C16H22N2O2/c1-11(2)10-17-15(19)8-7-13-9-12-5-3-4-6-14(12)18-16(13)20/h3-6,11,13H,7-10H2,1-2H3,(H,17,19)(H,18,20). The fourth-order valence-corrected chi connectivity index (χ4v) is 2.36. The van der Waals surface area contributed by atoms with Crippen molar-refractivity contribution in [2.75, 3.05) is 11.9 Å². The highest BCUT2D eigenvalue weighted by Gasteiger charge is 2.26. The molecular formula is C16H22N2O2. The van der Waals surface area contributed by atoms with Crippen molar-refractivity contribution in [1.29, 1.82) is 0 Å². The van der Waals surface area contributed by atoms with E-state index in [2.05, 4.69) is 24.5 Å². The van der Waals surface area contributed by atoms with E-state index >= 15 is 0 Å². The van der Waals surface area contributed by atoms with Crippen molar-refractivity contribution in [1.82, 2.24) is 5.32 Å². The molecule has 1 atom stereocenters.